The SMILES string of the molecule is Cc1ccnc(-c2[c-]c(Oc3[c-]c4c(cc3)c3ccc(Oc5[c-]c(-c6cc(C)ccn6)ccc5C(C)(C)C)[c-]c3n4-c3ncccn3)c(C(C)(C)C)cc2)c1.[Pd+2].[Pt+2]. The third-order valence-corrected chi connectivity index (χ3v) is 9.53. The van der Waals surface area contributed by atoms with Crippen molar-refractivity contribution >= 4 is 21.8 Å². The Balaban J connectivity index is 0.00000275. The van der Waals surface area contributed by atoms with E-state index in [0.717, 1.165) is 66.6 Å². The van der Waals surface area contributed by atoms with Crippen molar-refractivity contribution in [3.8, 4) is 51.5 Å². The van der Waals surface area contributed by atoms with Crippen molar-refractivity contribution in [3.05, 3.63) is 150 Å². The van der Waals surface area contributed by atoms with Gasteiger partial charge in [-0.05, 0) is 54.3 Å². The van der Waals surface area contributed by atoms with E-state index in [4.69, 9.17) is 9.47 Å². The molecule has 0 aliphatic heterocycles. The van der Waals surface area contributed by atoms with Crippen LogP contribution in [0.25, 0.3) is 50.3 Å². The Bertz CT molecular complexity index is 2550. The van der Waals surface area contributed by atoms with E-state index in [-0.39, 0.29) is 52.3 Å². The second-order valence-corrected chi connectivity index (χ2v) is 15.9. The summed E-state index contributed by atoms with van der Waals surface area (Å²) in [5.74, 6) is 2.79. The van der Waals surface area contributed by atoms with Crippen LogP contribution in [0.3, 0.4) is 0 Å². The molecule has 0 unspecified atom stereocenters. The van der Waals surface area contributed by atoms with Crippen LogP contribution >= 0.6 is 0 Å². The van der Waals surface area contributed by atoms with Crippen LogP contribution < -0.4 is 9.47 Å². The van der Waals surface area contributed by atoms with Crippen molar-refractivity contribution in [3.63, 3.8) is 0 Å². The van der Waals surface area contributed by atoms with Gasteiger partial charge in [0, 0.05) is 47.8 Å². The molecule has 4 aromatic heterocycles. The zero-order chi connectivity index (χ0) is 38.5. The molecular formula is C48H41N5O2PdPt. The zero-order valence-corrected chi connectivity index (χ0v) is 36.8. The fraction of sp³-hybridized carbons (Fsp3) is 0.208. The molecule has 0 radical (unpaired) electrons. The minimum absolute atomic E-state index is 0. The number of aryl methyl sites for hydroxylation is 2. The van der Waals surface area contributed by atoms with Crippen molar-refractivity contribution in [1.29, 1.82) is 0 Å². The monoisotopic (exact) mass is 1020 g/mol. The van der Waals surface area contributed by atoms with Gasteiger partial charge in [0.1, 0.15) is 0 Å². The normalized spacial score (nSPS) is 11.6. The number of hydrogen-bond donors (Lipinski definition) is 0. The van der Waals surface area contributed by atoms with Gasteiger partial charge in [-0.25, -0.2) is 9.97 Å². The third kappa shape index (κ3) is 8.65. The van der Waals surface area contributed by atoms with Crippen LogP contribution in [-0.4, -0.2) is 24.5 Å². The first kappa shape index (κ1) is 41.6. The molecule has 0 fully saturated rings. The number of rotatable bonds is 7. The Morgan fingerprint density at radius 2 is 0.965 bits per heavy atom. The second kappa shape index (κ2) is 16.5. The molecule has 4 aromatic carbocycles. The van der Waals surface area contributed by atoms with Crippen LogP contribution in [0, 0.1) is 38.1 Å². The average Bonchev–Trinajstić information content (AvgIpc) is 3.47. The van der Waals surface area contributed by atoms with E-state index in [2.05, 4.69) is 136 Å². The minimum atomic E-state index is -0.201. The maximum Gasteiger partial charge on any atom is 2.00 e. The Kier molecular flexibility index (Phi) is 12.0. The zero-order valence-electron chi connectivity index (χ0n) is 33.0. The van der Waals surface area contributed by atoms with E-state index in [1.807, 2.05) is 53.4 Å². The summed E-state index contributed by atoms with van der Waals surface area (Å²) in [6, 6.07) is 40.3. The van der Waals surface area contributed by atoms with Crippen LogP contribution in [0.5, 0.6) is 23.0 Å². The molecule has 0 amide bonds. The quantitative estimate of drug-likeness (QED) is 0.117. The number of hydrogen-bond acceptors (Lipinski definition) is 6. The number of pyridine rings is 2. The first-order chi connectivity index (χ1) is 26.3. The number of fused-ring (bicyclic) bond motifs is 3. The molecule has 4 heterocycles. The van der Waals surface area contributed by atoms with E-state index >= 15 is 0 Å². The van der Waals surface area contributed by atoms with Crippen molar-refractivity contribution in [1.82, 2.24) is 24.5 Å². The molecule has 8 aromatic rings. The first-order valence-corrected chi connectivity index (χ1v) is 18.4. The van der Waals surface area contributed by atoms with Gasteiger partial charge >= 0.3 is 41.5 Å². The second-order valence-electron chi connectivity index (χ2n) is 15.9. The van der Waals surface area contributed by atoms with Gasteiger partial charge in [0.05, 0.1) is 0 Å². The third-order valence-electron chi connectivity index (χ3n) is 9.53. The molecule has 0 saturated carbocycles. The fourth-order valence-electron chi connectivity index (χ4n) is 6.73. The fourth-order valence-corrected chi connectivity index (χ4v) is 6.73. The van der Waals surface area contributed by atoms with Crippen molar-refractivity contribution < 1.29 is 51.0 Å². The summed E-state index contributed by atoms with van der Waals surface area (Å²) >= 11 is 0. The summed E-state index contributed by atoms with van der Waals surface area (Å²) in [6.45, 7) is 17.1. The molecule has 0 saturated heterocycles. The summed E-state index contributed by atoms with van der Waals surface area (Å²) < 4.78 is 15.3. The van der Waals surface area contributed by atoms with Crippen LogP contribution in [0.2, 0.25) is 0 Å². The molecule has 0 aliphatic carbocycles. The van der Waals surface area contributed by atoms with E-state index in [1.54, 1.807) is 18.5 Å². The van der Waals surface area contributed by atoms with Crippen molar-refractivity contribution in [2.45, 2.75) is 66.2 Å². The number of nitrogens with zero attached hydrogens (tertiary/aromatic N) is 5. The van der Waals surface area contributed by atoms with Crippen molar-refractivity contribution in [2.24, 2.45) is 0 Å². The van der Waals surface area contributed by atoms with Gasteiger partial charge in [-0.15, -0.1) is 59.7 Å². The van der Waals surface area contributed by atoms with Gasteiger partial charge in [0.25, 0.3) is 0 Å². The summed E-state index contributed by atoms with van der Waals surface area (Å²) in [5, 5.41) is 1.90. The van der Waals surface area contributed by atoms with E-state index in [1.165, 1.54) is 0 Å². The first-order valence-electron chi connectivity index (χ1n) is 18.4. The van der Waals surface area contributed by atoms with Crippen LogP contribution in [0.1, 0.15) is 63.8 Å². The average molecular weight is 1020 g/mol. The molecule has 0 atom stereocenters. The summed E-state index contributed by atoms with van der Waals surface area (Å²) in [5.41, 5.74) is 8.77. The molecule has 0 aliphatic rings. The van der Waals surface area contributed by atoms with Gasteiger partial charge in [0.2, 0.25) is 5.95 Å². The standard InChI is InChI=1S/C48H41N5O2.Pd.Pt/c1-30-18-22-49-40(24-30)32-10-16-38(47(3,4)5)44(26-32)54-34-12-14-36-37-15-13-35(29-43(37)53(42(36)28-34)46-51-20-9-21-52-46)55-45-27-33(11-17-39(45)48(6,7)8)41-25-31(2)19-23-50-41;;/h9-25H,1-8H3;;/q-4;2*+2. The number of benzene rings is 4. The topological polar surface area (TPSA) is 75.0 Å². The number of ether oxygens (including phenoxy) is 2. The molecule has 0 bridgehead atoms. The van der Waals surface area contributed by atoms with E-state index in [9.17, 15) is 0 Å². The van der Waals surface area contributed by atoms with Crippen LogP contribution in [0.4, 0.5) is 0 Å². The largest absolute Gasteiger partial charge is 2.00 e. The maximum absolute atomic E-state index is 6.69. The Morgan fingerprint density at radius 3 is 1.37 bits per heavy atom. The summed E-state index contributed by atoms with van der Waals surface area (Å²) in [6.07, 6.45) is 7.09. The van der Waals surface area contributed by atoms with Crippen molar-refractivity contribution in [2.75, 3.05) is 0 Å². The molecule has 8 rings (SSSR count). The van der Waals surface area contributed by atoms with Crippen LogP contribution in [-0.2, 0) is 52.3 Å². The summed E-state index contributed by atoms with van der Waals surface area (Å²) in [4.78, 5) is 18.5. The van der Waals surface area contributed by atoms with Gasteiger partial charge in [-0.2, -0.15) is 22.9 Å². The summed E-state index contributed by atoms with van der Waals surface area (Å²) in [7, 11) is 0. The Labute approximate surface area is 362 Å². The number of aromatic nitrogens is 5. The Hall–Kier alpha value is -4.99. The molecule has 7 nitrogen and oxygen atoms in total. The van der Waals surface area contributed by atoms with Gasteiger partial charge in [-0.3, -0.25) is 0 Å². The predicted molar refractivity (Wildman–Crippen MR) is 218 cm³/mol. The molecule has 57 heavy (non-hydrogen) atoms. The van der Waals surface area contributed by atoms with E-state index < -0.39 is 0 Å². The molecule has 290 valence electrons. The van der Waals surface area contributed by atoms with Gasteiger partial charge < -0.3 is 24.0 Å². The maximum atomic E-state index is 6.69. The Morgan fingerprint density at radius 1 is 0.526 bits per heavy atom. The van der Waals surface area contributed by atoms with Crippen LogP contribution in [0.15, 0.2) is 104 Å². The molecule has 0 N–H and O–H groups in total. The minimum Gasteiger partial charge on any atom is -0.503 e. The molecule has 9 heteroatoms. The smallest absolute Gasteiger partial charge is 0.503 e. The van der Waals surface area contributed by atoms with E-state index in [0.29, 0.717) is 28.9 Å². The van der Waals surface area contributed by atoms with Gasteiger partial charge in [-0.1, -0.05) is 99.1 Å². The van der Waals surface area contributed by atoms with Gasteiger partial charge in [0.15, 0.2) is 0 Å². The molecule has 0 spiro atoms. The predicted octanol–water partition coefficient (Wildman–Crippen LogP) is 11.7. The molecular weight excluding hydrogens is 980 g/mol.